The topological polar surface area (TPSA) is 77.3 Å². The van der Waals surface area contributed by atoms with Gasteiger partial charge in [-0.3, -0.25) is 0 Å². The Morgan fingerprint density at radius 3 is 2.82 bits per heavy atom. The number of nitrogens with one attached hydrogen (secondary N) is 1. The van der Waals surface area contributed by atoms with Crippen molar-refractivity contribution < 1.29 is 14.3 Å². The van der Waals surface area contributed by atoms with E-state index in [4.69, 9.17) is 15.2 Å². The van der Waals surface area contributed by atoms with E-state index in [1.54, 1.807) is 32.2 Å². The molecule has 90 valence electrons. The quantitative estimate of drug-likeness (QED) is 0.628. The number of hydrogen-bond donors (Lipinski definition) is 2. The molecule has 0 aliphatic heterocycles. The summed E-state index contributed by atoms with van der Waals surface area (Å²) in [5.41, 5.74) is 7.46. The first-order chi connectivity index (χ1) is 8.15. The van der Waals surface area contributed by atoms with Crippen LogP contribution in [0.1, 0.15) is 17.4 Å². The molecule has 0 fully saturated rings. The van der Waals surface area contributed by atoms with Crippen LogP contribution >= 0.6 is 0 Å². The third-order valence-corrected chi connectivity index (χ3v) is 2.43. The molecule has 2 aromatic rings. The van der Waals surface area contributed by atoms with Gasteiger partial charge in [0.2, 0.25) is 0 Å². The normalized spacial score (nSPS) is 10.5. The van der Waals surface area contributed by atoms with Crippen molar-refractivity contribution in [3.05, 3.63) is 23.9 Å². The minimum Gasteiger partial charge on any atom is -0.494 e. The highest BCUT2D eigenvalue weighted by Gasteiger charge is 2.13. The average molecular weight is 234 g/mol. The van der Waals surface area contributed by atoms with E-state index in [1.165, 1.54) is 0 Å². The number of carbonyl (C=O) groups excluding carboxylic acids is 1. The highest BCUT2D eigenvalue weighted by atomic mass is 16.5. The molecule has 17 heavy (non-hydrogen) atoms. The second-order valence-corrected chi connectivity index (χ2v) is 3.59. The Morgan fingerprint density at radius 2 is 2.18 bits per heavy atom. The highest BCUT2D eigenvalue weighted by Crippen LogP contribution is 2.28. The third-order valence-electron chi connectivity index (χ3n) is 2.43. The Balaban J connectivity index is 2.53. The van der Waals surface area contributed by atoms with Crippen molar-refractivity contribution in [2.75, 3.05) is 19.5 Å². The molecule has 1 heterocycles. The maximum Gasteiger partial charge on any atom is 0.354 e. The zero-order chi connectivity index (χ0) is 12.4. The van der Waals surface area contributed by atoms with E-state index < -0.39 is 0 Å². The summed E-state index contributed by atoms with van der Waals surface area (Å²) in [6.45, 7) is 2.10. The van der Waals surface area contributed by atoms with Crippen LogP contribution in [0.3, 0.4) is 0 Å². The van der Waals surface area contributed by atoms with Gasteiger partial charge in [0, 0.05) is 17.1 Å². The highest BCUT2D eigenvalue weighted by molar-refractivity contribution is 5.97. The number of carbonyl (C=O) groups is 1. The summed E-state index contributed by atoms with van der Waals surface area (Å²) in [7, 11) is 1.55. The van der Waals surface area contributed by atoms with Crippen molar-refractivity contribution in [1.82, 2.24) is 4.98 Å². The molecule has 0 amide bonds. The molecular formula is C12H14N2O3. The lowest BCUT2D eigenvalue weighted by Gasteiger charge is -2.02. The van der Waals surface area contributed by atoms with E-state index in [9.17, 15) is 4.79 Å². The van der Waals surface area contributed by atoms with E-state index in [2.05, 4.69) is 4.98 Å². The molecule has 5 nitrogen and oxygen atoms in total. The molecule has 1 aromatic heterocycles. The fourth-order valence-corrected chi connectivity index (χ4v) is 1.71. The van der Waals surface area contributed by atoms with Crippen LogP contribution in [0.4, 0.5) is 5.69 Å². The summed E-state index contributed by atoms with van der Waals surface area (Å²) in [4.78, 5) is 14.5. The molecule has 0 saturated carbocycles. The fraction of sp³-hybridized carbons (Fsp3) is 0.250. The average Bonchev–Trinajstić information content (AvgIpc) is 2.71. The van der Waals surface area contributed by atoms with Crippen LogP contribution in [-0.2, 0) is 4.74 Å². The number of H-pyrrole nitrogens is 1. The van der Waals surface area contributed by atoms with Gasteiger partial charge in [0.1, 0.15) is 11.4 Å². The molecule has 0 aliphatic carbocycles. The van der Waals surface area contributed by atoms with Gasteiger partial charge >= 0.3 is 5.97 Å². The van der Waals surface area contributed by atoms with Crippen LogP contribution in [0.25, 0.3) is 10.9 Å². The largest absolute Gasteiger partial charge is 0.494 e. The summed E-state index contributed by atoms with van der Waals surface area (Å²) in [6.07, 6.45) is 0. The van der Waals surface area contributed by atoms with Gasteiger partial charge in [-0.1, -0.05) is 0 Å². The molecule has 5 heteroatoms. The number of nitrogen functional groups attached to an aromatic ring is 1. The molecule has 0 bridgehead atoms. The summed E-state index contributed by atoms with van der Waals surface area (Å²) < 4.78 is 10.1. The van der Waals surface area contributed by atoms with Gasteiger partial charge in [0.15, 0.2) is 0 Å². The number of anilines is 1. The number of benzene rings is 1. The van der Waals surface area contributed by atoms with E-state index in [-0.39, 0.29) is 5.97 Å². The van der Waals surface area contributed by atoms with Crippen LogP contribution in [-0.4, -0.2) is 24.7 Å². The number of esters is 1. The number of hydrogen-bond acceptors (Lipinski definition) is 4. The number of rotatable bonds is 3. The van der Waals surface area contributed by atoms with Gasteiger partial charge in [-0.05, 0) is 19.1 Å². The Labute approximate surface area is 98.5 Å². The standard InChI is InChI=1S/C12H14N2O3/c1-3-17-12(15)9-5-7-4-8(13)6-10(16-2)11(7)14-9/h4-6,14H,3,13H2,1-2H3. The monoisotopic (exact) mass is 234 g/mol. The van der Waals surface area contributed by atoms with Crippen molar-refractivity contribution in [2.24, 2.45) is 0 Å². The van der Waals surface area contributed by atoms with Gasteiger partial charge in [-0.2, -0.15) is 0 Å². The summed E-state index contributed by atoms with van der Waals surface area (Å²) in [6, 6.07) is 5.18. The lowest BCUT2D eigenvalue weighted by molar-refractivity contribution is 0.0520. The first-order valence-electron chi connectivity index (χ1n) is 5.29. The number of ether oxygens (including phenoxy) is 2. The van der Waals surface area contributed by atoms with Crippen LogP contribution in [0, 0.1) is 0 Å². The summed E-state index contributed by atoms with van der Waals surface area (Å²) in [5.74, 6) is 0.222. The van der Waals surface area contributed by atoms with E-state index in [0.717, 1.165) is 10.9 Å². The van der Waals surface area contributed by atoms with Crippen molar-refractivity contribution in [3.63, 3.8) is 0 Å². The van der Waals surface area contributed by atoms with Gasteiger partial charge < -0.3 is 20.2 Å². The van der Waals surface area contributed by atoms with E-state index in [1.807, 2.05) is 0 Å². The number of aromatic nitrogens is 1. The van der Waals surface area contributed by atoms with Crippen molar-refractivity contribution >= 4 is 22.6 Å². The first-order valence-corrected chi connectivity index (χ1v) is 5.29. The molecule has 0 spiro atoms. The molecule has 0 radical (unpaired) electrons. The van der Waals surface area contributed by atoms with Gasteiger partial charge in [0.25, 0.3) is 0 Å². The maximum atomic E-state index is 11.6. The Hall–Kier alpha value is -2.17. The lowest BCUT2D eigenvalue weighted by Crippen LogP contribution is -2.04. The molecule has 3 N–H and O–H groups in total. The number of fused-ring (bicyclic) bond motifs is 1. The van der Waals surface area contributed by atoms with E-state index in [0.29, 0.717) is 23.7 Å². The molecule has 0 atom stereocenters. The second-order valence-electron chi connectivity index (χ2n) is 3.59. The molecular weight excluding hydrogens is 220 g/mol. The second kappa shape index (κ2) is 4.37. The first kappa shape index (κ1) is 11.3. The maximum absolute atomic E-state index is 11.6. The van der Waals surface area contributed by atoms with Crippen LogP contribution < -0.4 is 10.5 Å². The molecule has 1 aromatic carbocycles. The minimum atomic E-state index is -0.385. The van der Waals surface area contributed by atoms with Gasteiger partial charge in [-0.25, -0.2) is 4.79 Å². The predicted octanol–water partition coefficient (Wildman–Crippen LogP) is 1.94. The SMILES string of the molecule is CCOC(=O)c1cc2cc(N)cc(OC)c2[nH]1. The van der Waals surface area contributed by atoms with Gasteiger partial charge in [-0.15, -0.1) is 0 Å². The van der Waals surface area contributed by atoms with Crippen molar-refractivity contribution in [2.45, 2.75) is 6.92 Å². The molecule has 0 saturated heterocycles. The number of methoxy groups -OCH3 is 1. The zero-order valence-corrected chi connectivity index (χ0v) is 9.74. The van der Waals surface area contributed by atoms with Crippen molar-refractivity contribution in [3.8, 4) is 5.75 Å². The van der Waals surface area contributed by atoms with Gasteiger partial charge in [0.05, 0.1) is 19.2 Å². The van der Waals surface area contributed by atoms with Crippen LogP contribution in [0.5, 0.6) is 5.75 Å². The third kappa shape index (κ3) is 2.04. The molecule has 0 aliphatic rings. The summed E-state index contributed by atoms with van der Waals surface area (Å²) >= 11 is 0. The van der Waals surface area contributed by atoms with Crippen LogP contribution in [0.2, 0.25) is 0 Å². The zero-order valence-electron chi connectivity index (χ0n) is 9.74. The smallest absolute Gasteiger partial charge is 0.354 e. The Bertz CT molecular complexity index is 560. The number of aromatic amines is 1. The lowest BCUT2D eigenvalue weighted by atomic mass is 10.2. The van der Waals surface area contributed by atoms with E-state index >= 15 is 0 Å². The Kier molecular flexibility index (Phi) is 2.91. The van der Waals surface area contributed by atoms with Crippen molar-refractivity contribution in [1.29, 1.82) is 0 Å². The fourth-order valence-electron chi connectivity index (χ4n) is 1.71. The Morgan fingerprint density at radius 1 is 1.41 bits per heavy atom. The molecule has 2 rings (SSSR count). The molecule has 0 unspecified atom stereocenters. The number of nitrogens with two attached hydrogens (primary N) is 1. The minimum absolute atomic E-state index is 0.341. The van der Waals surface area contributed by atoms with Crippen LogP contribution in [0.15, 0.2) is 18.2 Å². The summed E-state index contributed by atoms with van der Waals surface area (Å²) in [5, 5.41) is 0.824. The predicted molar refractivity (Wildman–Crippen MR) is 65.2 cm³/mol.